The van der Waals surface area contributed by atoms with Crippen LogP contribution < -0.4 is 14.4 Å². The molecule has 2 heterocycles. The van der Waals surface area contributed by atoms with E-state index in [1.165, 1.54) is 11.3 Å². The van der Waals surface area contributed by atoms with Gasteiger partial charge < -0.3 is 14.4 Å². The lowest BCUT2D eigenvalue weighted by Crippen LogP contribution is -2.46. The highest BCUT2D eigenvalue weighted by molar-refractivity contribution is 5.85. The zero-order chi connectivity index (χ0) is 15.5. The van der Waals surface area contributed by atoms with E-state index in [2.05, 4.69) is 52.3 Å². The number of piperazine rings is 1. The molecule has 0 unspecified atom stereocenters. The molecule has 0 spiro atoms. The summed E-state index contributed by atoms with van der Waals surface area (Å²) in [5.41, 5.74) is 2.62. The summed E-state index contributed by atoms with van der Waals surface area (Å²) < 4.78 is 11.3. The summed E-state index contributed by atoms with van der Waals surface area (Å²) in [4.78, 5) is 4.95. The van der Waals surface area contributed by atoms with Gasteiger partial charge >= 0.3 is 0 Å². The van der Waals surface area contributed by atoms with Crippen molar-refractivity contribution in [3.05, 3.63) is 54.1 Å². The Bertz CT molecular complexity index is 658. The van der Waals surface area contributed by atoms with Gasteiger partial charge in [0, 0.05) is 44.5 Å². The monoisotopic (exact) mass is 346 g/mol. The largest absolute Gasteiger partial charge is 0.486 e. The lowest BCUT2D eigenvalue weighted by molar-refractivity contribution is 0.171. The first-order chi connectivity index (χ1) is 11.4. The van der Waals surface area contributed by atoms with Crippen molar-refractivity contribution in [1.82, 2.24) is 4.90 Å². The quantitative estimate of drug-likeness (QED) is 0.852. The van der Waals surface area contributed by atoms with Crippen molar-refractivity contribution in [2.24, 2.45) is 0 Å². The molecule has 0 saturated carbocycles. The van der Waals surface area contributed by atoms with E-state index in [1.54, 1.807) is 0 Å². The number of nitrogens with zero attached hydrogens (tertiary/aromatic N) is 2. The standard InChI is InChI=1S/C19H22N2O2.ClH/c1-2-4-16(5-3-1)15-20-8-10-21(11-9-20)17-6-7-18-19(14-17)23-13-12-22-18;/h1-7,14H,8-13,15H2;1H. The predicted molar refractivity (Wildman–Crippen MR) is 98.6 cm³/mol. The van der Waals surface area contributed by atoms with Crippen LogP contribution in [-0.4, -0.2) is 44.3 Å². The summed E-state index contributed by atoms with van der Waals surface area (Å²) >= 11 is 0. The van der Waals surface area contributed by atoms with Gasteiger partial charge in [0.1, 0.15) is 13.2 Å². The first kappa shape index (κ1) is 16.9. The first-order valence-electron chi connectivity index (χ1n) is 8.29. The molecular weight excluding hydrogens is 324 g/mol. The van der Waals surface area contributed by atoms with Crippen LogP contribution >= 0.6 is 12.4 Å². The maximum atomic E-state index is 5.69. The lowest BCUT2D eigenvalue weighted by atomic mass is 10.2. The SMILES string of the molecule is Cl.c1ccc(CN2CCN(c3ccc4c(c3)OCCO4)CC2)cc1. The Morgan fingerprint density at radius 3 is 2.25 bits per heavy atom. The second-order valence-corrected chi connectivity index (χ2v) is 6.08. The molecule has 2 aliphatic heterocycles. The van der Waals surface area contributed by atoms with Crippen molar-refractivity contribution < 1.29 is 9.47 Å². The number of hydrogen-bond donors (Lipinski definition) is 0. The second kappa shape index (κ2) is 7.77. The molecule has 24 heavy (non-hydrogen) atoms. The molecule has 2 aromatic rings. The Morgan fingerprint density at radius 2 is 1.50 bits per heavy atom. The Balaban J connectivity index is 0.00000169. The highest BCUT2D eigenvalue weighted by Gasteiger charge is 2.19. The zero-order valence-corrected chi connectivity index (χ0v) is 14.5. The topological polar surface area (TPSA) is 24.9 Å². The molecule has 0 bridgehead atoms. The summed E-state index contributed by atoms with van der Waals surface area (Å²) in [6, 6.07) is 17.0. The van der Waals surface area contributed by atoms with E-state index in [-0.39, 0.29) is 12.4 Å². The molecule has 128 valence electrons. The van der Waals surface area contributed by atoms with Crippen molar-refractivity contribution in [2.45, 2.75) is 6.54 Å². The minimum Gasteiger partial charge on any atom is -0.486 e. The van der Waals surface area contributed by atoms with Gasteiger partial charge in [-0.15, -0.1) is 12.4 Å². The van der Waals surface area contributed by atoms with Gasteiger partial charge in [-0.25, -0.2) is 0 Å². The van der Waals surface area contributed by atoms with E-state index in [4.69, 9.17) is 9.47 Å². The van der Waals surface area contributed by atoms with Gasteiger partial charge in [-0.1, -0.05) is 30.3 Å². The maximum Gasteiger partial charge on any atom is 0.163 e. The van der Waals surface area contributed by atoms with E-state index >= 15 is 0 Å². The average molecular weight is 347 g/mol. The number of rotatable bonds is 3. The minimum atomic E-state index is 0. The average Bonchev–Trinajstić information content (AvgIpc) is 2.63. The van der Waals surface area contributed by atoms with E-state index < -0.39 is 0 Å². The van der Waals surface area contributed by atoms with Gasteiger partial charge in [-0.2, -0.15) is 0 Å². The third-order valence-corrected chi connectivity index (χ3v) is 4.51. The number of ether oxygens (including phenoxy) is 2. The minimum absolute atomic E-state index is 0. The number of benzene rings is 2. The molecule has 1 fully saturated rings. The molecule has 0 N–H and O–H groups in total. The Labute approximate surface area is 149 Å². The van der Waals surface area contributed by atoms with Crippen LogP contribution in [0.1, 0.15) is 5.56 Å². The van der Waals surface area contributed by atoms with Crippen LogP contribution in [0, 0.1) is 0 Å². The van der Waals surface area contributed by atoms with Gasteiger partial charge in [0.25, 0.3) is 0 Å². The molecular formula is C19H23ClN2O2. The van der Waals surface area contributed by atoms with Crippen LogP contribution in [0.3, 0.4) is 0 Å². The highest BCUT2D eigenvalue weighted by atomic mass is 35.5. The van der Waals surface area contributed by atoms with E-state index in [1.807, 2.05) is 6.07 Å². The Morgan fingerprint density at radius 1 is 0.792 bits per heavy atom. The Kier molecular flexibility index (Phi) is 5.48. The molecule has 0 radical (unpaired) electrons. The van der Waals surface area contributed by atoms with Gasteiger partial charge in [-0.05, 0) is 17.7 Å². The number of halogens is 1. The van der Waals surface area contributed by atoms with Crippen molar-refractivity contribution in [3.8, 4) is 11.5 Å². The van der Waals surface area contributed by atoms with Crippen molar-refractivity contribution in [1.29, 1.82) is 0 Å². The maximum absolute atomic E-state index is 5.69. The molecule has 0 amide bonds. The van der Waals surface area contributed by atoms with E-state index in [0.29, 0.717) is 13.2 Å². The third-order valence-electron chi connectivity index (χ3n) is 4.51. The normalized spacial score (nSPS) is 17.2. The molecule has 1 saturated heterocycles. The van der Waals surface area contributed by atoms with Gasteiger partial charge in [-0.3, -0.25) is 4.90 Å². The molecule has 4 nitrogen and oxygen atoms in total. The number of anilines is 1. The number of hydrogen-bond acceptors (Lipinski definition) is 4. The van der Waals surface area contributed by atoms with Crippen molar-refractivity contribution in [2.75, 3.05) is 44.3 Å². The number of fused-ring (bicyclic) bond motifs is 1. The molecule has 0 aromatic heterocycles. The van der Waals surface area contributed by atoms with Crippen LogP contribution in [0.15, 0.2) is 48.5 Å². The fourth-order valence-corrected chi connectivity index (χ4v) is 3.23. The molecule has 4 rings (SSSR count). The smallest absolute Gasteiger partial charge is 0.163 e. The fraction of sp³-hybridized carbons (Fsp3) is 0.368. The van der Waals surface area contributed by atoms with Crippen LogP contribution in [0.5, 0.6) is 11.5 Å². The summed E-state index contributed by atoms with van der Waals surface area (Å²) in [6.07, 6.45) is 0. The first-order valence-corrected chi connectivity index (χ1v) is 8.29. The molecule has 0 atom stereocenters. The second-order valence-electron chi connectivity index (χ2n) is 6.08. The fourth-order valence-electron chi connectivity index (χ4n) is 3.23. The molecule has 2 aliphatic rings. The van der Waals surface area contributed by atoms with Gasteiger partial charge in [0.05, 0.1) is 0 Å². The molecule has 2 aromatic carbocycles. The predicted octanol–water partition coefficient (Wildman–Crippen LogP) is 3.20. The third kappa shape index (κ3) is 3.77. The molecule has 0 aliphatic carbocycles. The van der Waals surface area contributed by atoms with Gasteiger partial charge in [0.2, 0.25) is 0 Å². The van der Waals surface area contributed by atoms with E-state index in [9.17, 15) is 0 Å². The summed E-state index contributed by atoms with van der Waals surface area (Å²) in [5.74, 6) is 1.74. The highest BCUT2D eigenvalue weighted by Crippen LogP contribution is 2.34. The summed E-state index contributed by atoms with van der Waals surface area (Å²) in [5, 5.41) is 0. The van der Waals surface area contributed by atoms with Crippen LogP contribution in [-0.2, 0) is 6.54 Å². The van der Waals surface area contributed by atoms with Crippen LogP contribution in [0.25, 0.3) is 0 Å². The molecule has 5 heteroatoms. The van der Waals surface area contributed by atoms with Crippen molar-refractivity contribution in [3.63, 3.8) is 0 Å². The summed E-state index contributed by atoms with van der Waals surface area (Å²) in [7, 11) is 0. The van der Waals surface area contributed by atoms with Gasteiger partial charge in [0.15, 0.2) is 11.5 Å². The Hall–Kier alpha value is -1.91. The zero-order valence-electron chi connectivity index (χ0n) is 13.7. The lowest BCUT2D eigenvalue weighted by Gasteiger charge is -2.36. The van der Waals surface area contributed by atoms with Crippen LogP contribution in [0.4, 0.5) is 5.69 Å². The van der Waals surface area contributed by atoms with Crippen LogP contribution in [0.2, 0.25) is 0 Å². The van der Waals surface area contributed by atoms with Crippen molar-refractivity contribution >= 4 is 18.1 Å². The van der Waals surface area contributed by atoms with E-state index in [0.717, 1.165) is 44.2 Å². The summed E-state index contributed by atoms with van der Waals surface area (Å²) in [6.45, 7) is 6.59.